The van der Waals surface area contributed by atoms with Crippen LogP contribution in [0, 0.1) is 10.1 Å². The third kappa shape index (κ3) is 3.72. The number of carbonyl (C=O) groups is 1. The minimum atomic E-state index is -0.567. The quantitative estimate of drug-likeness (QED) is 0.361. The van der Waals surface area contributed by atoms with Crippen molar-refractivity contribution in [3.63, 3.8) is 0 Å². The number of carbonyl (C=O) groups excluding carboxylic acids is 1. The van der Waals surface area contributed by atoms with E-state index in [9.17, 15) is 14.9 Å². The number of hydrogen-bond acceptors (Lipinski definition) is 6. The van der Waals surface area contributed by atoms with Crippen LogP contribution in [0.3, 0.4) is 0 Å². The van der Waals surface area contributed by atoms with Crippen LogP contribution in [0.1, 0.15) is 18.1 Å². The van der Waals surface area contributed by atoms with Gasteiger partial charge in [0, 0.05) is 17.7 Å². The minimum absolute atomic E-state index is 0.0428. The van der Waals surface area contributed by atoms with Gasteiger partial charge in [0.05, 0.1) is 11.5 Å². The molecule has 7 heteroatoms. The summed E-state index contributed by atoms with van der Waals surface area (Å²) in [6.45, 7) is 2.48. The van der Waals surface area contributed by atoms with Crippen molar-refractivity contribution in [3.8, 4) is 5.75 Å². The van der Waals surface area contributed by atoms with Gasteiger partial charge in [0.1, 0.15) is 5.75 Å². The van der Waals surface area contributed by atoms with Gasteiger partial charge in [-0.25, -0.2) is 9.79 Å². The second kappa shape index (κ2) is 6.96. The molecule has 0 atom stereocenters. The van der Waals surface area contributed by atoms with Crippen molar-refractivity contribution in [3.05, 3.63) is 75.5 Å². The molecule has 25 heavy (non-hydrogen) atoms. The number of rotatable bonds is 5. The summed E-state index contributed by atoms with van der Waals surface area (Å²) in [5, 5.41) is 10.7. The Balaban J connectivity index is 1.82. The van der Waals surface area contributed by atoms with Crippen LogP contribution < -0.4 is 4.74 Å². The third-order valence-electron chi connectivity index (χ3n) is 3.44. The van der Waals surface area contributed by atoms with E-state index in [2.05, 4.69) is 4.99 Å². The standard InChI is InChI=1S/C18H14N2O5/c1-2-24-15-9-3-12(4-10-15)11-16-18(21)25-17(19-16)13-5-7-14(8-6-13)20(22)23/h3-11H,2H2,1H3/b16-11-. The van der Waals surface area contributed by atoms with Crippen LogP contribution in [0.15, 0.2) is 59.2 Å². The van der Waals surface area contributed by atoms with Crippen molar-refractivity contribution < 1.29 is 19.2 Å². The number of nitro benzene ring substituents is 1. The second-order valence-electron chi connectivity index (χ2n) is 5.14. The minimum Gasteiger partial charge on any atom is -0.494 e. The molecule has 0 aliphatic carbocycles. The highest BCUT2D eigenvalue weighted by Gasteiger charge is 2.24. The number of aliphatic imine (C=N–C) groups is 1. The summed E-state index contributed by atoms with van der Waals surface area (Å²) in [5.41, 5.74) is 1.40. The van der Waals surface area contributed by atoms with Crippen molar-refractivity contribution in [2.75, 3.05) is 6.61 Å². The van der Waals surface area contributed by atoms with Crippen molar-refractivity contribution >= 4 is 23.6 Å². The number of hydrogen-bond donors (Lipinski definition) is 0. The first-order chi connectivity index (χ1) is 12.1. The lowest BCUT2D eigenvalue weighted by molar-refractivity contribution is -0.384. The van der Waals surface area contributed by atoms with Gasteiger partial charge in [-0.2, -0.15) is 0 Å². The van der Waals surface area contributed by atoms with E-state index in [4.69, 9.17) is 9.47 Å². The zero-order valence-corrected chi connectivity index (χ0v) is 13.3. The van der Waals surface area contributed by atoms with Crippen LogP contribution >= 0.6 is 0 Å². The Morgan fingerprint density at radius 1 is 1.16 bits per heavy atom. The highest BCUT2D eigenvalue weighted by molar-refractivity contribution is 6.12. The fourth-order valence-corrected chi connectivity index (χ4v) is 2.24. The first-order valence-electron chi connectivity index (χ1n) is 7.57. The zero-order chi connectivity index (χ0) is 17.8. The molecule has 0 radical (unpaired) electrons. The monoisotopic (exact) mass is 338 g/mol. The molecule has 0 spiro atoms. The predicted octanol–water partition coefficient (Wildman–Crippen LogP) is 3.34. The van der Waals surface area contributed by atoms with Gasteiger partial charge in [-0.15, -0.1) is 0 Å². The van der Waals surface area contributed by atoms with Crippen LogP contribution in [-0.2, 0) is 9.53 Å². The normalized spacial score (nSPS) is 15.0. The molecular weight excluding hydrogens is 324 g/mol. The van der Waals surface area contributed by atoms with E-state index in [0.29, 0.717) is 12.2 Å². The molecule has 0 unspecified atom stereocenters. The van der Waals surface area contributed by atoms with E-state index < -0.39 is 10.9 Å². The van der Waals surface area contributed by atoms with E-state index in [-0.39, 0.29) is 17.3 Å². The van der Waals surface area contributed by atoms with Crippen molar-refractivity contribution in [1.29, 1.82) is 0 Å². The fourth-order valence-electron chi connectivity index (χ4n) is 2.24. The summed E-state index contributed by atoms with van der Waals surface area (Å²) in [7, 11) is 0. The predicted molar refractivity (Wildman–Crippen MR) is 91.3 cm³/mol. The molecule has 1 aliphatic rings. The lowest BCUT2D eigenvalue weighted by Gasteiger charge is -2.02. The van der Waals surface area contributed by atoms with Gasteiger partial charge in [-0.05, 0) is 42.8 Å². The average Bonchev–Trinajstić information content (AvgIpc) is 2.98. The summed E-state index contributed by atoms with van der Waals surface area (Å²) in [6, 6.07) is 12.9. The Labute approximate surface area is 143 Å². The number of ether oxygens (including phenoxy) is 2. The number of cyclic esters (lactones) is 1. The van der Waals surface area contributed by atoms with Crippen LogP contribution in [0.5, 0.6) is 5.75 Å². The van der Waals surface area contributed by atoms with Crippen molar-refractivity contribution in [1.82, 2.24) is 0 Å². The molecule has 2 aromatic carbocycles. The van der Waals surface area contributed by atoms with Crippen LogP contribution in [0.25, 0.3) is 6.08 Å². The SMILES string of the molecule is CCOc1ccc(/C=C2\N=C(c3ccc([N+](=O)[O-])cc3)OC2=O)cc1. The largest absolute Gasteiger partial charge is 0.494 e. The first kappa shape index (κ1) is 16.4. The summed E-state index contributed by atoms with van der Waals surface area (Å²) in [5.74, 6) is 0.299. The fraction of sp³-hybridized carbons (Fsp3) is 0.111. The second-order valence-corrected chi connectivity index (χ2v) is 5.14. The molecule has 1 heterocycles. The van der Waals surface area contributed by atoms with Crippen LogP contribution in [0.4, 0.5) is 5.69 Å². The molecule has 0 bridgehead atoms. The number of non-ortho nitro benzene ring substituents is 1. The van der Waals surface area contributed by atoms with E-state index in [0.717, 1.165) is 11.3 Å². The highest BCUT2D eigenvalue weighted by Crippen LogP contribution is 2.21. The molecule has 0 aromatic heterocycles. The number of nitro groups is 1. The van der Waals surface area contributed by atoms with E-state index >= 15 is 0 Å². The van der Waals surface area contributed by atoms with Crippen LogP contribution in [-0.4, -0.2) is 23.4 Å². The van der Waals surface area contributed by atoms with Crippen molar-refractivity contribution in [2.24, 2.45) is 4.99 Å². The molecule has 7 nitrogen and oxygen atoms in total. The van der Waals surface area contributed by atoms with Gasteiger partial charge in [0.15, 0.2) is 5.70 Å². The van der Waals surface area contributed by atoms with Gasteiger partial charge >= 0.3 is 5.97 Å². The van der Waals surface area contributed by atoms with Gasteiger partial charge in [0.2, 0.25) is 5.90 Å². The zero-order valence-electron chi connectivity index (χ0n) is 13.3. The molecular formula is C18H14N2O5. The maximum absolute atomic E-state index is 12.0. The Kier molecular flexibility index (Phi) is 4.56. The van der Waals surface area contributed by atoms with E-state index in [1.807, 2.05) is 19.1 Å². The highest BCUT2D eigenvalue weighted by atomic mass is 16.6. The van der Waals surface area contributed by atoms with Gasteiger partial charge < -0.3 is 9.47 Å². The van der Waals surface area contributed by atoms with Gasteiger partial charge in [-0.3, -0.25) is 10.1 Å². The maximum Gasteiger partial charge on any atom is 0.363 e. The lowest BCUT2D eigenvalue weighted by Crippen LogP contribution is -2.05. The molecule has 0 saturated carbocycles. The summed E-state index contributed by atoms with van der Waals surface area (Å²) in [4.78, 5) is 26.3. The summed E-state index contributed by atoms with van der Waals surface area (Å²) in [6.07, 6.45) is 1.61. The lowest BCUT2D eigenvalue weighted by atomic mass is 10.2. The molecule has 3 rings (SSSR count). The Hall–Kier alpha value is -3.48. The average molecular weight is 338 g/mol. The van der Waals surface area contributed by atoms with Gasteiger partial charge in [-0.1, -0.05) is 12.1 Å². The van der Waals surface area contributed by atoms with E-state index in [1.165, 1.54) is 24.3 Å². The molecule has 2 aromatic rings. The molecule has 0 saturated heterocycles. The van der Waals surface area contributed by atoms with Gasteiger partial charge in [0.25, 0.3) is 5.69 Å². The first-order valence-corrected chi connectivity index (χ1v) is 7.57. The van der Waals surface area contributed by atoms with Crippen LogP contribution in [0.2, 0.25) is 0 Å². The molecule has 0 amide bonds. The molecule has 126 valence electrons. The Bertz CT molecular complexity index is 867. The summed E-state index contributed by atoms with van der Waals surface area (Å²) >= 11 is 0. The third-order valence-corrected chi connectivity index (χ3v) is 3.44. The number of nitrogens with zero attached hydrogens (tertiary/aromatic N) is 2. The molecule has 0 N–H and O–H groups in total. The molecule has 1 aliphatic heterocycles. The van der Waals surface area contributed by atoms with Crippen molar-refractivity contribution in [2.45, 2.75) is 6.92 Å². The molecule has 0 fully saturated rings. The maximum atomic E-state index is 12.0. The topological polar surface area (TPSA) is 91.0 Å². The Morgan fingerprint density at radius 2 is 1.84 bits per heavy atom. The smallest absolute Gasteiger partial charge is 0.363 e. The number of esters is 1. The Morgan fingerprint density at radius 3 is 2.44 bits per heavy atom. The number of benzene rings is 2. The summed E-state index contributed by atoms with van der Waals surface area (Å²) < 4.78 is 10.5. The van der Waals surface area contributed by atoms with E-state index in [1.54, 1.807) is 18.2 Å².